The molecule has 3 nitrogen and oxygen atoms in total. The predicted octanol–water partition coefficient (Wildman–Crippen LogP) is 1.91. The van der Waals surface area contributed by atoms with Crippen molar-refractivity contribution in [2.45, 2.75) is 12.2 Å². The first-order chi connectivity index (χ1) is 7.25. The minimum atomic E-state index is -0.0871. The molecule has 2 rings (SSSR count). The second-order valence-electron chi connectivity index (χ2n) is 3.39. The van der Waals surface area contributed by atoms with Gasteiger partial charge in [0.05, 0.1) is 6.54 Å². The number of amidine groups is 1. The van der Waals surface area contributed by atoms with Crippen LogP contribution in [0, 0.1) is 0 Å². The molecule has 0 fully saturated rings. The van der Waals surface area contributed by atoms with Gasteiger partial charge >= 0.3 is 0 Å². The van der Waals surface area contributed by atoms with Crippen LogP contribution < -0.4 is 5.32 Å². The van der Waals surface area contributed by atoms with Crippen LogP contribution in [-0.2, 0) is 0 Å². The highest BCUT2D eigenvalue weighted by Crippen LogP contribution is 2.18. The van der Waals surface area contributed by atoms with Gasteiger partial charge in [0.25, 0.3) is 5.91 Å². The topological polar surface area (TPSA) is 41.5 Å². The number of hydrogen-bond donors (Lipinski definition) is 1. The quantitative estimate of drug-likeness (QED) is 0.785. The zero-order chi connectivity index (χ0) is 10.7. The van der Waals surface area contributed by atoms with Crippen LogP contribution in [-0.4, -0.2) is 22.9 Å². The molecule has 0 aromatic heterocycles. The van der Waals surface area contributed by atoms with Crippen molar-refractivity contribution in [2.24, 2.45) is 4.99 Å². The molecule has 1 N–H and O–H groups in total. The first kappa shape index (κ1) is 10.2. The van der Waals surface area contributed by atoms with Crippen LogP contribution in [0.3, 0.4) is 0 Å². The monoisotopic (exact) mass is 220 g/mol. The van der Waals surface area contributed by atoms with Crippen LogP contribution in [0.2, 0.25) is 0 Å². The number of benzene rings is 1. The minimum absolute atomic E-state index is 0.0871. The summed E-state index contributed by atoms with van der Waals surface area (Å²) >= 11 is 1.61. The zero-order valence-corrected chi connectivity index (χ0v) is 9.25. The first-order valence-electron chi connectivity index (χ1n) is 4.83. The van der Waals surface area contributed by atoms with Crippen molar-refractivity contribution in [3.63, 3.8) is 0 Å². The molecule has 1 unspecified atom stereocenters. The molecule has 1 aromatic carbocycles. The molecule has 0 bridgehead atoms. The van der Waals surface area contributed by atoms with Gasteiger partial charge in [0.2, 0.25) is 0 Å². The van der Waals surface area contributed by atoms with Crippen molar-refractivity contribution in [3.8, 4) is 0 Å². The van der Waals surface area contributed by atoms with Crippen LogP contribution in [0.4, 0.5) is 0 Å². The molecule has 1 aromatic rings. The van der Waals surface area contributed by atoms with E-state index >= 15 is 0 Å². The molecule has 0 spiro atoms. The van der Waals surface area contributed by atoms with Gasteiger partial charge in [0.15, 0.2) is 5.17 Å². The fourth-order valence-electron chi connectivity index (χ4n) is 1.30. The summed E-state index contributed by atoms with van der Waals surface area (Å²) in [7, 11) is 0. The second-order valence-corrected chi connectivity index (χ2v) is 4.82. The summed E-state index contributed by atoms with van der Waals surface area (Å²) in [5.41, 5.74) is 0.667. The Morgan fingerprint density at radius 3 is 2.80 bits per heavy atom. The third-order valence-corrected chi connectivity index (χ3v) is 3.07. The summed E-state index contributed by atoms with van der Waals surface area (Å²) in [6.07, 6.45) is 0. The summed E-state index contributed by atoms with van der Waals surface area (Å²) < 4.78 is 0. The number of nitrogens with zero attached hydrogens (tertiary/aromatic N) is 1. The standard InChI is InChI=1S/C11H12N2OS/c1-8-7-12-11(15-8)13-10(14)9-5-3-2-4-6-9/h2-6,8H,7H2,1H3,(H,12,13,14). The van der Waals surface area contributed by atoms with Crippen molar-refractivity contribution >= 4 is 22.8 Å². The SMILES string of the molecule is CC1CN=C(NC(=O)c2ccccc2)S1. The van der Waals surface area contributed by atoms with Gasteiger partial charge in [-0.3, -0.25) is 9.79 Å². The Morgan fingerprint density at radius 1 is 1.47 bits per heavy atom. The van der Waals surface area contributed by atoms with Gasteiger partial charge in [-0.2, -0.15) is 0 Å². The summed E-state index contributed by atoms with van der Waals surface area (Å²) in [6, 6.07) is 9.17. The maximum atomic E-state index is 11.7. The molecular weight excluding hydrogens is 208 g/mol. The lowest BCUT2D eigenvalue weighted by molar-refractivity contribution is 0.0978. The van der Waals surface area contributed by atoms with Crippen molar-refractivity contribution in [2.75, 3.05) is 6.54 Å². The fraction of sp³-hybridized carbons (Fsp3) is 0.273. The number of aliphatic imine (C=N–C) groups is 1. The minimum Gasteiger partial charge on any atom is -0.301 e. The first-order valence-corrected chi connectivity index (χ1v) is 5.71. The second kappa shape index (κ2) is 4.49. The largest absolute Gasteiger partial charge is 0.301 e. The van der Waals surface area contributed by atoms with Gasteiger partial charge in [-0.1, -0.05) is 36.9 Å². The highest BCUT2D eigenvalue weighted by molar-refractivity contribution is 8.14. The van der Waals surface area contributed by atoms with Crippen molar-refractivity contribution in [1.82, 2.24) is 5.32 Å². The number of carbonyl (C=O) groups excluding carboxylic acids is 1. The van der Waals surface area contributed by atoms with E-state index in [1.165, 1.54) is 0 Å². The smallest absolute Gasteiger partial charge is 0.257 e. The number of amides is 1. The average Bonchev–Trinajstić information content (AvgIpc) is 2.65. The van der Waals surface area contributed by atoms with Crippen molar-refractivity contribution in [3.05, 3.63) is 35.9 Å². The molecule has 4 heteroatoms. The molecule has 0 saturated heterocycles. The molecular formula is C11H12N2OS. The Kier molecular flexibility index (Phi) is 3.06. The molecule has 0 radical (unpaired) electrons. The van der Waals surface area contributed by atoms with E-state index in [0.717, 1.165) is 11.7 Å². The van der Waals surface area contributed by atoms with E-state index in [1.54, 1.807) is 23.9 Å². The third-order valence-electron chi connectivity index (χ3n) is 2.06. The number of hydrogen-bond acceptors (Lipinski definition) is 3. The third kappa shape index (κ3) is 2.59. The Hall–Kier alpha value is -1.29. The zero-order valence-electron chi connectivity index (χ0n) is 8.43. The fourth-order valence-corrected chi connectivity index (χ4v) is 2.14. The molecule has 15 heavy (non-hydrogen) atoms. The van der Waals surface area contributed by atoms with E-state index in [0.29, 0.717) is 10.8 Å². The molecule has 1 amide bonds. The molecule has 1 aliphatic heterocycles. The normalized spacial score (nSPS) is 19.8. The Balaban J connectivity index is 1.99. The van der Waals surface area contributed by atoms with Gasteiger partial charge in [-0.05, 0) is 12.1 Å². The highest BCUT2D eigenvalue weighted by atomic mass is 32.2. The number of carbonyl (C=O) groups is 1. The van der Waals surface area contributed by atoms with E-state index in [-0.39, 0.29) is 5.91 Å². The summed E-state index contributed by atoms with van der Waals surface area (Å²) in [5, 5.41) is 4.00. The van der Waals surface area contributed by atoms with Crippen LogP contribution in [0.15, 0.2) is 35.3 Å². The molecule has 78 valence electrons. The molecule has 1 aliphatic rings. The van der Waals surface area contributed by atoms with Gasteiger partial charge in [0.1, 0.15) is 0 Å². The van der Waals surface area contributed by atoms with E-state index in [2.05, 4.69) is 17.2 Å². The molecule has 1 heterocycles. The highest BCUT2D eigenvalue weighted by Gasteiger charge is 2.17. The molecule has 0 aliphatic carbocycles. The lowest BCUT2D eigenvalue weighted by Gasteiger charge is -2.04. The number of thioether (sulfide) groups is 1. The lowest BCUT2D eigenvalue weighted by atomic mass is 10.2. The van der Waals surface area contributed by atoms with Gasteiger partial charge < -0.3 is 5.32 Å². The van der Waals surface area contributed by atoms with Crippen LogP contribution >= 0.6 is 11.8 Å². The van der Waals surface area contributed by atoms with Crippen LogP contribution in [0.1, 0.15) is 17.3 Å². The Bertz CT molecular complexity index is 389. The maximum Gasteiger partial charge on any atom is 0.257 e. The lowest BCUT2D eigenvalue weighted by Crippen LogP contribution is -2.27. The van der Waals surface area contributed by atoms with Crippen LogP contribution in [0.25, 0.3) is 0 Å². The van der Waals surface area contributed by atoms with Gasteiger partial charge in [-0.15, -0.1) is 0 Å². The van der Waals surface area contributed by atoms with Gasteiger partial charge in [0, 0.05) is 10.8 Å². The Morgan fingerprint density at radius 2 is 2.20 bits per heavy atom. The van der Waals surface area contributed by atoms with E-state index < -0.39 is 0 Å². The maximum absolute atomic E-state index is 11.7. The molecule has 0 saturated carbocycles. The van der Waals surface area contributed by atoms with E-state index in [9.17, 15) is 4.79 Å². The summed E-state index contributed by atoms with van der Waals surface area (Å²) in [4.78, 5) is 15.9. The van der Waals surface area contributed by atoms with E-state index in [1.807, 2.05) is 18.2 Å². The molecule has 1 atom stereocenters. The summed E-state index contributed by atoms with van der Waals surface area (Å²) in [6.45, 7) is 2.88. The van der Waals surface area contributed by atoms with Crippen molar-refractivity contribution < 1.29 is 4.79 Å². The van der Waals surface area contributed by atoms with Crippen molar-refractivity contribution in [1.29, 1.82) is 0 Å². The van der Waals surface area contributed by atoms with Crippen LogP contribution in [0.5, 0.6) is 0 Å². The van der Waals surface area contributed by atoms with E-state index in [4.69, 9.17) is 0 Å². The summed E-state index contributed by atoms with van der Waals surface area (Å²) in [5.74, 6) is -0.0871. The number of rotatable bonds is 1. The predicted molar refractivity (Wildman–Crippen MR) is 63.3 cm³/mol. The number of nitrogens with one attached hydrogen (secondary N) is 1. The van der Waals surface area contributed by atoms with Gasteiger partial charge in [-0.25, -0.2) is 0 Å². The average molecular weight is 220 g/mol. The Labute approximate surface area is 93.0 Å².